The molecule has 162 valence electrons. The summed E-state index contributed by atoms with van der Waals surface area (Å²) in [6, 6.07) is 15.3. The summed E-state index contributed by atoms with van der Waals surface area (Å²) in [5, 5.41) is 9.02. The number of aliphatic carboxylic acids is 1. The Kier molecular flexibility index (Phi) is 7.87. The number of carbonyl (C=O) groups is 1. The molecule has 2 aromatic carbocycles. The van der Waals surface area contributed by atoms with Gasteiger partial charge in [0.15, 0.2) is 0 Å². The third kappa shape index (κ3) is 5.61. The second-order valence-electron chi connectivity index (χ2n) is 7.49. The lowest BCUT2D eigenvalue weighted by molar-refractivity contribution is -0.143. The van der Waals surface area contributed by atoms with Crippen LogP contribution in [0.3, 0.4) is 0 Å². The standard InChI is InChI=1S/C23H29NO5S/c1-28-20-9-5-17(6-10-20)22(18-7-11-21(29-2)12-8-18)30(27)15-14-24-13-3-4-19(16-24)23(25)26/h5-12,19,22H,3-4,13-16H2,1-2H3,(H,25,26)/t19-,30?/m1/s1. The summed E-state index contributed by atoms with van der Waals surface area (Å²) in [6.07, 6.45) is 1.58. The van der Waals surface area contributed by atoms with Gasteiger partial charge in [0, 0.05) is 29.6 Å². The molecule has 0 bridgehead atoms. The lowest BCUT2D eigenvalue weighted by Gasteiger charge is -2.30. The number of ether oxygens (including phenoxy) is 2. The number of benzene rings is 2. The van der Waals surface area contributed by atoms with E-state index in [0.717, 1.165) is 42.0 Å². The zero-order valence-electron chi connectivity index (χ0n) is 17.5. The van der Waals surface area contributed by atoms with Crippen LogP contribution in [-0.4, -0.2) is 59.8 Å². The Morgan fingerprint density at radius 1 is 1.07 bits per heavy atom. The molecule has 1 saturated heterocycles. The topological polar surface area (TPSA) is 76.1 Å². The Bertz CT molecular complexity index is 805. The molecule has 30 heavy (non-hydrogen) atoms. The molecule has 0 spiro atoms. The van der Waals surface area contributed by atoms with Gasteiger partial charge in [-0.1, -0.05) is 24.3 Å². The number of hydrogen-bond acceptors (Lipinski definition) is 5. The van der Waals surface area contributed by atoms with Gasteiger partial charge in [-0.2, -0.15) is 0 Å². The summed E-state index contributed by atoms with van der Waals surface area (Å²) in [5.74, 6) is 0.924. The maximum Gasteiger partial charge on any atom is 0.307 e. The molecular formula is C23H29NO5S. The number of rotatable bonds is 9. The van der Waals surface area contributed by atoms with E-state index >= 15 is 0 Å². The molecule has 1 unspecified atom stereocenters. The SMILES string of the molecule is COc1ccc(C(c2ccc(OC)cc2)S(=O)CCN2CCC[C@@H](C(=O)O)C2)cc1. The van der Waals surface area contributed by atoms with Crippen molar-refractivity contribution < 1.29 is 23.6 Å². The smallest absolute Gasteiger partial charge is 0.307 e. The number of nitrogens with zero attached hydrogens (tertiary/aromatic N) is 1. The number of likely N-dealkylation sites (tertiary alicyclic amines) is 1. The van der Waals surface area contributed by atoms with Crippen LogP contribution in [0.5, 0.6) is 11.5 Å². The minimum Gasteiger partial charge on any atom is -0.497 e. The van der Waals surface area contributed by atoms with Crippen molar-refractivity contribution in [3.8, 4) is 11.5 Å². The van der Waals surface area contributed by atoms with Crippen LogP contribution in [0, 0.1) is 5.92 Å². The van der Waals surface area contributed by atoms with Crippen molar-refractivity contribution in [3.63, 3.8) is 0 Å². The fourth-order valence-corrected chi connectivity index (χ4v) is 5.45. The lowest BCUT2D eigenvalue weighted by atomic mass is 9.98. The van der Waals surface area contributed by atoms with Crippen LogP contribution in [-0.2, 0) is 15.6 Å². The van der Waals surface area contributed by atoms with Crippen molar-refractivity contribution in [1.29, 1.82) is 0 Å². The fourth-order valence-electron chi connectivity index (χ4n) is 3.85. The number of carboxylic acids is 1. The quantitative estimate of drug-likeness (QED) is 0.656. The summed E-state index contributed by atoms with van der Waals surface area (Å²) in [4.78, 5) is 13.4. The largest absolute Gasteiger partial charge is 0.497 e. The van der Waals surface area contributed by atoms with E-state index < -0.39 is 16.8 Å². The zero-order chi connectivity index (χ0) is 21.5. The molecule has 1 heterocycles. The number of piperidine rings is 1. The first-order valence-corrected chi connectivity index (χ1v) is 11.5. The van der Waals surface area contributed by atoms with Gasteiger partial charge in [-0.15, -0.1) is 0 Å². The normalized spacial score (nSPS) is 18.2. The molecule has 6 nitrogen and oxygen atoms in total. The molecule has 2 atom stereocenters. The third-order valence-corrected chi connectivity index (χ3v) is 7.22. The Balaban J connectivity index is 1.76. The second kappa shape index (κ2) is 10.6. The summed E-state index contributed by atoms with van der Waals surface area (Å²) >= 11 is 0. The summed E-state index contributed by atoms with van der Waals surface area (Å²) in [6.45, 7) is 2.01. The molecule has 3 rings (SSSR count). The number of carboxylic acid groups (broad SMARTS) is 1. The van der Waals surface area contributed by atoms with E-state index in [1.165, 1.54) is 0 Å². The predicted octanol–water partition coefficient (Wildman–Crippen LogP) is 3.34. The van der Waals surface area contributed by atoms with Crippen molar-refractivity contribution >= 4 is 16.8 Å². The molecule has 0 saturated carbocycles. The Morgan fingerprint density at radius 2 is 1.60 bits per heavy atom. The Labute approximate surface area is 180 Å². The molecule has 0 radical (unpaired) electrons. The van der Waals surface area contributed by atoms with Crippen LogP contribution >= 0.6 is 0 Å². The maximum absolute atomic E-state index is 13.4. The van der Waals surface area contributed by atoms with Gasteiger partial charge in [0.2, 0.25) is 0 Å². The molecule has 1 aliphatic rings. The van der Waals surface area contributed by atoms with E-state index in [1.807, 2.05) is 48.5 Å². The number of methoxy groups -OCH3 is 2. The highest BCUT2D eigenvalue weighted by Gasteiger charge is 2.27. The first-order valence-electron chi connectivity index (χ1n) is 10.1. The molecule has 0 aromatic heterocycles. The minimum atomic E-state index is -1.17. The monoisotopic (exact) mass is 431 g/mol. The van der Waals surface area contributed by atoms with Crippen molar-refractivity contribution in [2.24, 2.45) is 5.92 Å². The molecule has 7 heteroatoms. The van der Waals surface area contributed by atoms with Gasteiger partial charge >= 0.3 is 5.97 Å². The average molecular weight is 432 g/mol. The van der Waals surface area contributed by atoms with Gasteiger partial charge in [-0.25, -0.2) is 0 Å². The second-order valence-corrected chi connectivity index (χ2v) is 9.13. The van der Waals surface area contributed by atoms with E-state index in [2.05, 4.69) is 4.90 Å². The van der Waals surface area contributed by atoms with Crippen LogP contribution in [0.1, 0.15) is 29.2 Å². The minimum absolute atomic E-state index is 0.276. The zero-order valence-corrected chi connectivity index (χ0v) is 18.3. The van der Waals surface area contributed by atoms with Crippen molar-refractivity contribution in [1.82, 2.24) is 4.90 Å². The predicted molar refractivity (Wildman–Crippen MR) is 118 cm³/mol. The van der Waals surface area contributed by atoms with E-state index in [4.69, 9.17) is 9.47 Å². The summed E-state index contributed by atoms with van der Waals surface area (Å²) < 4.78 is 23.9. The summed E-state index contributed by atoms with van der Waals surface area (Å²) in [7, 11) is 2.07. The summed E-state index contributed by atoms with van der Waals surface area (Å²) in [5.41, 5.74) is 1.92. The van der Waals surface area contributed by atoms with Crippen LogP contribution in [0.4, 0.5) is 0 Å². The van der Waals surface area contributed by atoms with Gasteiger partial charge < -0.3 is 19.5 Å². The first-order chi connectivity index (χ1) is 14.5. The molecule has 1 fully saturated rings. The molecule has 0 amide bonds. The first kappa shape index (κ1) is 22.3. The van der Waals surface area contributed by atoms with E-state index in [9.17, 15) is 14.1 Å². The van der Waals surface area contributed by atoms with E-state index in [1.54, 1.807) is 14.2 Å². The number of hydrogen-bond donors (Lipinski definition) is 1. The van der Waals surface area contributed by atoms with Crippen LogP contribution in [0.25, 0.3) is 0 Å². The molecular weight excluding hydrogens is 402 g/mol. The van der Waals surface area contributed by atoms with Gasteiger partial charge in [0.1, 0.15) is 11.5 Å². The molecule has 1 N–H and O–H groups in total. The van der Waals surface area contributed by atoms with E-state index in [-0.39, 0.29) is 11.2 Å². The third-order valence-electron chi connectivity index (χ3n) is 5.56. The van der Waals surface area contributed by atoms with Gasteiger partial charge in [-0.3, -0.25) is 9.00 Å². The van der Waals surface area contributed by atoms with Crippen molar-refractivity contribution in [3.05, 3.63) is 59.7 Å². The molecule has 0 aliphatic carbocycles. The lowest BCUT2D eigenvalue weighted by Crippen LogP contribution is -2.40. The average Bonchev–Trinajstić information content (AvgIpc) is 2.79. The Hall–Kier alpha value is -2.38. The van der Waals surface area contributed by atoms with Crippen molar-refractivity contribution in [2.45, 2.75) is 18.1 Å². The van der Waals surface area contributed by atoms with Gasteiger partial charge in [0.25, 0.3) is 0 Å². The van der Waals surface area contributed by atoms with Gasteiger partial charge in [0.05, 0.1) is 25.4 Å². The Morgan fingerprint density at radius 3 is 2.07 bits per heavy atom. The highest BCUT2D eigenvalue weighted by atomic mass is 32.2. The molecule has 1 aliphatic heterocycles. The molecule has 2 aromatic rings. The fraction of sp³-hybridized carbons (Fsp3) is 0.435. The van der Waals surface area contributed by atoms with Crippen LogP contribution in [0.15, 0.2) is 48.5 Å². The van der Waals surface area contributed by atoms with E-state index in [0.29, 0.717) is 18.8 Å². The van der Waals surface area contributed by atoms with Crippen LogP contribution in [0.2, 0.25) is 0 Å². The highest BCUT2D eigenvalue weighted by Crippen LogP contribution is 2.31. The highest BCUT2D eigenvalue weighted by molar-refractivity contribution is 7.85. The van der Waals surface area contributed by atoms with Crippen LogP contribution < -0.4 is 9.47 Å². The van der Waals surface area contributed by atoms with Crippen molar-refractivity contribution in [2.75, 3.05) is 39.6 Å². The van der Waals surface area contributed by atoms with Gasteiger partial charge in [-0.05, 0) is 54.8 Å². The maximum atomic E-state index is 13.4.